The van der Waals surface area contributed by atoms with Gasteiger partial charge in [-0.05, 0) is 30.2 Å². The van der Waals surface area contributed by atoms with E-state index in [1.54, 1.807) is 19.1 Å². The summed E-state index contributed by atoms with van der Waals surface area (Å²) in [5, 5.41) is 7.02. The van der Waals surface area contributed by atoms with Crippen molar-refractivity contribution >= 4 is 39.8 Å². The molecule has 1 amide bonds. The van der Waals surface area contributed by atoms with E-state index in [0.29, 0.717) is 22.1 Å². The minimum atomic E-state index is -0.453. The number of anilines is 1. The van der Waals surface area contributed by atoms with Crippen molar-refractivity contribution in [1.29, 1.82) is 0 Å². The number of halogens is 1. The lowest BCUT2D eigenvalue weighted by Crippen LogP contribution is -2.28. The summed E-state index contributed by atoms with van der Waals surface area (Å²) in [6.07, 6.45) is 0. The first-order valence-corrected chi connectivity index (χ1v) is 10.4. The van der Waals surface area contributed by atoms with Crippen LogP contribution in [0, 0.1) is 0 Å². The van der Waals surface area contributed by atoms with Crippen LogP contribution in [0.15, 0.2) is 60.7 Å². The van der Waals surface area contributed by atoms with E-state index in [4.69, 9.17) is 16.3 Å². The Balaban J connectivity index is 1.69. The van der Waals surface area contributed by atoms with Gasteiger partial charge in [-0.25, -0.2) is 4.79 Å². The van der Waals surface area contributed by atoms with Gasteiger partial charge in [0.25, 0.3) is 0 Å². The fraction of sp³-hybridized carbons (Fsp3) is 0.182. The summed E-state index contributed by atoms with van der Waals surface area (Å²) in [4.78, 5) is 25.6. The van der Waals surface area contributed by atoms with E-state index >= 15 is 0 Å². The molecule has 150 valence electrons. The molecule has 0 atom stereocenters. The van der Waals surface area contributed by atoms with Crippen molar-refractivity contribution in [3.63, 3.8) is 0 Å². The van der Waals surface area contributed by atoms with E-state index in [1.807, 2.05) is 48.5 Å². The number of nitrogens with one attached hydrogen (secondary N) is 2. The standard InChI is InChI=1S/C22H21ClN2O3S/c1-2-28-22(27)17-12-19(15-8-4-3-5-9-15)29-21(17)25-20(26)14-24-13-16-10-6-7-11-18(16)23/h3-12,24H,2,13-14H2,1H3,(H,25,26). The van der Waals surface area contributed by atoms with Crippen molar-refractivity contribution in [3.8, 4) is 10.4 Å². The Morgan fingerprint density at radius 2 is 1.79 bits per heavy atom. The van der Waals surface area contributed by atoms with Crippen molar-refractivity contribution in [2.75, 3.05) is 18.5 Å². The summed E-state index contributed by atoms with van der Waals surface area (Å²) in [7, 11) is 0. The minimum Gasteiger partial charge on any atom is -0.462 e. The molecule has 2 N–H and O–H groups in total. The monoisotopic (exact) mass is 428 g/mol. The van der Waals surface area contributed by atoms with Crippen LogP contribution >= 0.6 is 22.9 Å². The quantitative estimate of drug-likeness (QED) is 0.497. The van der Waals surface area contributed by atoms with Gasteiger partial charge < -0.3 is 15.4 Å². The average Bonchev–Trinajstić information content (AvgIpc) is 3.14. The van der Waals surface area contributed by atoms with Crippen LogP contribution < -0.4 is 10.6 Å². The highest BCUT2D eigenvalue weighted by Gasteiger charge is 2.19. The first-order valence-electron chi connectivity index (χ1n) is 9.18. The Morgan fingerprint density at radius 3 is 2.52 bits per heavy atom. The molecule has 0 fully saturated rings. The Kier molecular flexibility index (Phi) is 7.41. The van der Waals surface area contributed by atoms with Crippen molar-refractivity contribution in [2.24, 2.45) is 0 Å². The fourth-order valence-corrected chi connectivity index (χ4v) is 3.98. The molecule has 1 heterocycles. The molecule has 0 saturated heterocycles. The van der Waals surface area contributed by atoms with Gasteiger partial charge in [-0.3, -0.25) is 4.79 Å². The number of amides is 1. The highest BCUT2D eigenvalue weighted by molar-refractivity contribution is 7.20. The summed E-state index contributed by atoms with van der Waals surface area (Å²) >= 11 is 7.47. The molecule has 7 heteroatoms. The number of carbonyl (C=O) groups is 2. The molecule has 5 nitrogen and oxygen atoms in total. The van der Waals surface area contributed by atoms with Gasteiger partial charge in [0, 0.05) is 16.4 Å². The van der Waals surface area contributed by atoms with Crippen LogP contribution in [0.3, 0.4) is 0 Å². The predicted octanol–water partition coefficient (Wildman–Crippen LogP) is 4.97. The number of hydrogen-bond acceptors (Lipinski definition) is 5. The topological polar surface area (TPSA) is 67.4 Å². The molecule has 0 aliphatic heterocycles. The summed E-state index contributed by atoms with van der Waals surface area (Å²) in [6.45, 7) is 2.57. The van der Waals surface area contributed by atoms with E-state index in [2.05, 4.69) is 10.6 Å². The zero-order valence-corrected chi connectivity index (χ0v) is 17.5. The molecule has 3 rings (SSSR count). The van der Waals surface area contributed by atoms with Crippen molar-refractivity contribution in [2.45, 2.75) is 13.5 Å². The molecule has 1 aromatic heterocycles. The molecular formula is C22H21ClN2O3S. The average molecular weight is 429 g/mol. The third-order valence-electron chi connectivity index (χ3n) is 4.10. The zero-order chi connectivity index (χ0) is 20.6. The van der Waals surface area contributed by atoms with E-state index < -0.39 is 5.97 Å². The molecule has 0 bridgehead atoms. The van der Waals surface area contributed by atoms with Crippen LogP contribution in [-0.2, 0) is 16.1 Å². The Bertz CT molecular complexity index is 989. The third kappa shape index (κ3) is 5.67. The molecule has 2 aromatic carbocycles. The molecule has 0 radical (unpaired) electrons. The van der Waals surface area contributed by atoms with E-state index in [0.717, 1.165) is 16.0 Å². The second-order valence-corrected chi connectivity index (χ2v) is 7.64. The van der Waals surface area contributed by atoms with Crippen LogP contribution in [0.5, 0.6) is 0 Å². The summed E-state index contributed by atoms with van der Waals surface area (Å²) in [5.41, 5.74) is 2.24. The van der Waals surface area contributed by atoms with Gasteiger partial charge in [-0.1, -0.05) is 60.1 Å². The largest absolute Gasteiger partial charge is 0.462 e. The molecule has 0 aliphatic rings. The van der Waals surface area contributed by atoms with Gasteiger partial charge in [-0.2, -0.15) is 0 Å². The summed E-state index contributed by atoms with van der Waals surface area (Å²) < 4.78 is 5.14. The number of rotatable bonds is 8. The molecule has 0 unspecified atom stereocenters. The number of benzene rings is 2. The Hall–Kier alpha value is -2.67. The van der Waals surface area contributed by atoms with Crippen LogP contribution in [0.1, 0.15) is 22.8 Å². The van der Waals surface area contributed by atoms with Gasteiger partial charge in [0.1, 0.15) is 5.00 Å². The highest BCUT2D eigenvalue weighted by Crippen LogP contribution is 2.35. The van der Waals surface area contributed by atoms with Crippen LogP contribution in [0.2, 0.25) is 5.02 Å². The fourth-order valence-electron chi connectivity index (χ4n) is 2.71. The maximum absolute atomic E-state index is 12.4. The number of carbonyl (C=O) groups excluding carboxylic acids is 2. The van der Waals surface area contributed by atoms with Crippen molar-refractivity contribution in [3.05, 3.63) is 76.8 Å². The van der Waals surface area contributed by atoms with Crippen LogP contribution in [0.4, 0.5) is 5.00 Å². The maximum Gasteiger partial charge on any atom is 0.341 e. The molecular weight excluding hydrogens is 408 g/mol. The number of esters is 1. The van der Waals surface area contributed by atoms with Crippen LogP contribution in [0.25, 0.3) is 10.4 Å². The highest BCUT2D eigenvalue weighted by atomic mass is 35.5. The van der Waals surface area contributed by atoms with Gasteiger partial charge in [0.2, 0.25) is 5.91 Å². The molecule has 0 spiro atoms. The van der Waals surface area contributed by atoms with E-state index in [9.17, 15) is 9.59 Å². The summed E-state index contributed by atoms with van der Waals surface area (Å²) in [5.74, 6) is -0.700. The molecule has 0 saturated carbocycles. The first-order chi connectivity index (χ1) is 14.1. The SMILES string of the molecule is CCOC(=O)c1cc(-c2ccccc2)sc1NC(=O)CNCc1ccccc1Cl. The zero-order valence-electron chi connectivity index (χ0n) is 15.9. The van der Waals surface area contributed by atoms with Crippen molar-refractivity contribution < 1.29 is 14.3 Å². The second-order valence-electron chi connectivity index (χ2n) is 6.18. The Morgan fingerprint density at radius 1 is 1.07 bits per heavy atom. The van der Waals surface area contributed by atoms with Gasteiger partial charge in [-0.15, -0.1) is 11.3 Å². The number of thiophene rings is 1. The number of ether oxygens (including phenoxy) is 1. The lowest BCUT2D eigenvalue weighted by atomic mass is 10.1. The molecule has 0 aliphatic carbocycles. The Labute approximate surface area is 178 Å². The second kappa shape index (κ2) is 10.2. The van der Waals surface area contributed by atoms with Gasteiger partial charge >= 0.3 is 5.97 Å². The first kappa shape index (κ1) is 21.0. The normalized spacial score (nSPS) is 10.6. The van der Waals surface area contributed by atoms with Crippen LogP contribution in [-0.4, -0.2) is 25.0 Å². The van der Waals surface area contributed by atoms with Crippen molar-refractivity contribution in [1.82, 2.24) is 5.32 Å². The minimum absolute atomic E-state index is 0.0893. The maximum atomic E-state index is 12.4. The summed E-state index contributed by atoms with van der Waals surface area (Å²) in [6, 6.07) is 18.9. The lowest BCUT2D eigenvalue weighted by Gasteiger charge is -2.08. The predicted molar refractivity (Wildman–Crippen MR) is 117 cm³/mol. The number of hydrogen-bond donors (Lipinski definition) is 2. The smallest absolute Gasteiger partial charge is 0.341 e. The lowest BCUT2D eigenvalue weighted by molar-refractivity contribution is -0.115. The third-order valence-corrected chi connectivity index (χ3v) is 5.57. The molecule has 3 aromatic rings. The van der Waals surface area contributed by atoms with Gasteiger partial charge in [0.15, 0.2) is 0 Å². The van der Waals surface area contributed by atoms with E-state index in [-0.39, 0.29) is 19.1 Å². The van der Waals surface area contributed by atoms with E-state index in [1.165, 1.54) is 11.3 Å². The molecule has 29 heavy (non-hydrogen) atoms. The van der Waals surface area contributed by atoms with Gasteiger partial charge in [0.05, 0.1) is 18.7 Å².